The van der Waals surface area contributed by atoms with Gasteiger partial charge in [0.05, 0.1) is 5.02 Å². The summed E-state index contributed by atoms with van der Waals surface area (Å²) in [7, 11) is 1.65. The van der Waals surface area contributed by atoms with Gasteiger partial charge in [0.15, 0.2) is 5.69 Å². The molecule has 6 heteroatoms. The molecule has 0 saturated carbocycles. The molecule has 1 aromatic carbocycles. The van der Waals surface area contributed by atoms with Gasteiger partial charge < -0.3 is 5.11 Å². The zero-order valence-electron chi connectivity index (χ0n) is 8.82. The second-order valence-corrected chi connectivity index (χ2v) is 4.34. The van der Waals surface area contributed by atoms with E-state index >= 15 is 0 Å². The lowest BCUT2D eigenvalue weighted by molar-refractivity contribution is 0.0690. The summed E-state index contributed by atoms with van der Waals surface area (Å²) in [6.07, 6.45) is 1.61. The van der Waals surface area contributed by atoms with Crippen LogP contribution in [0.2, 0.25) is 10.0 Å². The summed E-state index contributed by atoms with van der Waals surface area (Å²) >= 11 is 11.8. The van der Waals surface area contributed by atoms with Gasteiger partial charge in [-0.15, -0.1) is 0 Å². The van der Waals surface area contributed by atoms with Crippen molar-refractivity contribution in [1.29, 1.82) is 0 Å². The van der Waals surface area contributed by atoms with Gasteiger partial charge in [0.2, 0.25) is 0 Å². The topological polar surface area (TPSA) is 55.1 Å². The number of rotatable bonds is 2. The van der Waals surface area contributed by atoms with Crippen molar-refractivity contribution < 1.29 is 9.90 Å². The molecule has 0 spiro atoms. The molecule has 4 nitrogen and oxygen atoms in total. The Morgan fingerprint density at radius 2 is 2.06 bits per heavy atom. The van der Waals surface area contributed by atoms with Crippen LogP contribution in [-0.2, 0) is 7.05 Å². The van der Waals surface area contributed by atoms with Crippen LogP contribution in [0.3, 0.4) is 0 Å². The molecule has 0 radical (unpaired) electrons. The third-order valence-electron chi connectivity index (χ3n) is 2.25. The van der Waals surface area contributed by atoms with Crippen molar-refractivity contribution in [3.63, 3.8) is 0 Å². The molecule has 0 amide bonds. The number of nitrogens with zero attached hydrogens (tertiary/aromatic N) is 2. The smallest absolute Gasteiger partial charge is 0.357 e. The Hall–Kier alpha value is -1.52. The highest BCUT2D eigenvalue weighted by Crippen LogP contribution is 2.32. The minimum atomic E-state index is -1.09. The summed E-state index contributed by atoms with van der Waals surface area (Å²) in [4.78, 5) is 11.0. The van der Waals surface area contributed by atoms with Crippen LogP contribution < -0.4 is 0 Å². The minimum absolute atomic E-state index is 0.0308. The number of carboxylic acids is 1. The Morgan fingerprint density at radius 3 is 2.65 bits per heavy atom. The molecule has 0 bridgehead atoms. The minimum Gasteiger partial charge on any atom is -0.476 e. The standard InChI is InChI=1S/C11H8Cl2N2O2/c1-15-5-8(10(14-15)11(16)17)7-3-2-6(12)4-9(7)13/h2-5H,1H3,(H,16,17). The van der Waals surface area contributed by atoms with E-state index in [0.717, 1.165) is 0 Å². The molecule has 1 heterocycles. The van der Waals surface area contributed by atoms with Crippen LogP contribution in [0.1, 0.15) is 10.5 Å². The Bertz CT molecular complexity index is 593. The summed E-state index contributed by atoms with van der Waals surface area (Å²) in [5.74, 6) is -1.09. The number of aromatic carboxylic acids is 1. The fraction of sp³-hybridized carbons (Fsp3) is 0.0909. The zero-order valence-corrected chi connectivity index (χ0v) is 10.3. The normalized spacial score (nSPS) is 10.5. The van der Waals surface area contributed by atoms with E-state index < -0.39 is 5.97 Å². The maximum atomic E-state index is 11.0. The van der Waals surface area contributed by atoms with E-state index in [1.165, 1.54) is 4.68 Å². The Labute approximate surface area is 107 Å². The van der Waals surface area contributed by atoms with Gasteiger partial charge in [-0.2, -0.15) is 5.10 Å². The number of hydrogen-bond acceptors (Lipinski definition) is 2. The number of carboxylic acid groups (broad SMARTS) is 1. The fourth-order valence-corrected chi connectivity index (χ4v) is 2.06. The lowest BCUT2D eigenvalue weighted by Crippen LogP contribution is -2.00. The quantitative estimate of drug-likeness (QED) is 0.913. The van der Waals surface area contributed by atoms with Gasteiger partial charge in [0.1, 0.15) is 0 Å². The molecular formula is C11H8Cl2N2O2. The number of aryl methyl sites for hydroxylation is 1. The van der Waals surface area contributed by atoms with Crippen LogP contribution in [-0.4, -0.2) is 20.9 Å². The van der Waals surface area contributed by atoms with Crippen molar-refractivity contribution >= 4 is 29.2 Å². The first-order valence-corrected chi connectivity index (χ1v) is 5.47. The summed E-state index contributed by atoms with van der Waals surface area (Å²) in [6.45, 7) is 0. The monoisotopic (exact) mass is 270 g/mol. The molecule has 0 fully saturated rings. The summed E-state index contributed by atoms with van der Waals surface area (Å²) in [5, 5.41) is 13.8. The van der Waals surface area contributed by atoms with Gasteiger partial charge in [-0.3, -0.25) is 4.68 Å². The first kappa shape index (κ1) is 12.0. The van der Waals surface area contributed by atoms with Crippen molar-refractivity contribution in [2.75, 3.05) is 0 Å². The van der Waals surface area contributed by atoms with Gasteiger partial charge in [-0.25, -0.2) is 4.79 Å². The maximum Gasteiger partial charge on any atom is 0.357 e. The largest absolute Gasteiger partial charge is 0.476 e. The van der Waals surface area contributed by atoms with Gasteiger partial charge in [0.25, 0.3) is 0 Å². The van der Waals surface area contributed by atoms with Gasteiger partial charge in [-0.1, -0.05) is 29.3 Å². The molecule has 0 aliphatic carbocycles. The van der Waals surface area contributed by atoms with E-state index in [4.69, 9.17) is 28.3 Å². The van der Waals surface area contributed by atoms with Crippen LogP contribution >= 0.6 is 23.2 Å². The highest BCUT2D eigenvalue weighted by molar-refractivity contribution is 6.36. The summed E-state index contributed by atoms with van der Waals surface area (Å²) in [6, 6.07) is 4.90. The number of hydrogen-bond donors (Lipinski definition) is 1. The molecule has 0 saturated heterocycles. The van der Waals surface area contributed by atoms with Gasteiger partial charge >= 0.3 is 5.97 Å². The second-order valence-electron chi connectivity index (χ2n) is 3.49. The molecule has 0 aliphatic rings. The summed E-state index contributed by atoms with van der Waals surface area (Å²) < 4.78 is 1.43. The number of aromatic nitrogens is 2. The van der Waals surface area contributed by atoms with E-state index in [2.05, 4.69) is 5.10 Å². The van der Waals surface area contributed by atoms with E-state index in [1.807, 2.05) is 0 Å². The lowest BCUT2D eigenvalue weighted by Gasteiger charge is -2.02. The van der Waals surface area contributed by atoms with E-state index in [9.17, 15) is 4.79 Å². The SMILES string of the molecule is Cn1cc(-c2ccc(Cl)cc2Cl)c(C(=O)O)n1. The number of halogens is 2. The van der Waals surface area contributed by atoms with Gasteiger partial charge in [-0.05, 0) is 12.1 Å². The maximum absolute atomic E-state index is 11.0. The Kier molecular flexibility index (Phi) is 3.09. The second kappa shape index (κ2) is 4.39. The lowest BCUT2D eigenvalue weighted by atomic mass is 10.1. The van der Waals surface area contributed by atoms with Crippen molar-refractivity contribution in [3.8, 4) is 11.1 Å². The molecule has 0 atom stereocenters. The van der Waals surface area contributed by atoms with Crippen molar-refractivity contribution in [1.82, 2.24) is 9.78 Å². The highest BCUT2D eigenvalue weighted by atomic mass is 35.5. The highest BCUT2D eigenvalue weighted by Gasteiger charge is 2.18. The van der Waals surface area contributed by atoms with Crippen molar-refractivity contribution in [2.24, 2.45) is 7.05 Å². The third kappa shape index (κ3) is 2.28. The number of benzene rings is 1. The average Bonchev–Trinajstić information content (AvgIpc) is 2.60. The molecule has 1 aromatic heterocycles. The molecule has 2 aromatic rings. The Balaban J connectivity index is 2.63. The first-order chi connectivity index (χ1) is 7.99. The predicted molar refractivity (Wildman–Crippen MR) is 65.6 cm³/mol. The van der Waals surface area contributed by atoms with Gasteiger partial charge in [0, 0.05) is 29.4 Å². The van der Waals surface area contributed by atoms with Crippen molar-refractivity contribution in [2.45, 2.75) is 0 Å². The predicted octanol–water partition coefficient (Wildman–Crippen LogP) is 3.09. The molecule has 88 valence electrons. The zero-order chi connectivity index (χ0) is 12.6. The molecule has 0 aliphatic heterocycles. The average molecular weight is 271 g/mol. The molecule has 2 rings (SSSR count). The first-order valence-electron chi connectivity index (χ1n) is 4.71. The van der Waals surface area contributed by atoms with Crippen molar-refractivity contribution in [3.05, 3.63) is 40.1 Å². The molecule has 1 N–H and O–H groups in total. The molecular weight excluding hydrogens is 263 g/mol. The van der Waals surface area contributed by atoms with Crippen LogP contribution in [0.25, 0.3) is 11.1 Å². The van der Waals surface area contributed by atoms with E-state index in [1.54, 1.807) is 31.4 Å². The fourth-order valence-electron chi connectivity index (χ4n) is 1.55. The van der Waals surface area contributed by atoms with Crippen LogP contribution in [0, 0.1) is 0 Å². The van der Waals surface area contributed by atoms with Crippen LogP contribution in [0.4, 0.5) is 0 Å². The molecule has 17 heavy (non-hydrogen) atoms. The van der Waals surface area contributed by atoms with E-state index in [0.29, 0.717) is 21.2 Å². The Morgan fingerprint density at radius 1 is 1.35 bits per heavy atom. The number of carbonyl (C=O) groups is 1. The van der Waals surface area contributed by atoms with E-state index in [-0.39, 0.29) is 5.69 Å². The summed E-state index contributed by atoms with van der Waals surface area (Å²) in [5.41, 5.74) is 1.04. The third-order valence-corrected chi connectivity index (χ3v) is 2.80. The molecule has 0 unspecified atom stereocenters. The van der Waals surface area contributed by atoms with Crippen LogP contribution in [0.5, 0.6) is 0 Å². The van der Waals surface area contributed by atoms with Crippen LogP contribution in [0.15, 0.2) is 24.4 Å².